The van der Waals surface area contributed by atoms with Crippen molar-refractivity contribution in [3.63, 3.8) is 0 Å². The van der Waals surface area contributed by atoms with E-state index in [1.54, 1.807) is 11.3 Å². The molecule has 1 aromatic heterocycles. The molecule has 1 aliphatic rings. The second-order valence-corrected chi connectivity index (χ2v) is 5.12. The summed E-state index contributed by atoms with van der Waals surface area (Å²) in [4.78, 5) is 6.96. The van der Waals surface area contributed by atoms with E-state index in [0.29, 0.717) is 6.54 Å². The zero-order valence-corrected chi connectivity index (χ0v) is 10.4. The fraction of sp³-hybridized carbons (Fsp3) is 0.308. The Bertz CT molecular complexity index is 496. The van der Waals surface area contributed by atoms with Crippen LogP contribution in [0.5, 0.6) is 0 Å². The van der Waals surface area contributed by atoms with Gasteiger partial charge in [0.25, 0.3) is 0 Å². The van der Waals surface area contributed by atoms with E-state index in [4.69, 9.17) is 5.73 Å². The predicted octanol–water partition coefficient (Wildman–Crippen LogP) is 2.16. The van der Waals surface area contributed by atoms with E-state index in [2.05, 4.69) is 39.5 Å². The highest BCUT2D eigenvalue weighted by Gasteiger charge is 2.20. The summed E-state index contributed by atoms with van der Waals surface area (Å²) in [5, 5.41) is 3.23. The molecule has 0 saturated heterocycles. The molecule has 1 aromatic carbocycles. The number of hydrogen-bond acceptors (Lipinski definition) is 4. The van der Waals surface area contributed by atoms with Crippen molar-refractivity contribution >= 4 is 16.5 Å². The van der Waals surface area contributed by atoms with Gasteiger partial charge in [0.05, 0.1) is 5.69 Å². The van der Waals surface area contributed by atoms with E-state index in [1.807, 2.05) is 0 Å². The summed E-state index contributed by atoms with van der Waals surface area (Å²) < 4.78 is 0. The quantitative estimate of drug-likeness (QED) is 0.901. The molecule has 2 heterocycles. The number of anilines is 1. The number of fused-ring (bicyclic) bond motifs is 1. The standard InChI is InChI=1S/C13H15N3S/c14-6-5-12-9-17-13(15-12)16-7-10-3-1-2-4-11(10)8-16/h1-4,9H,5-8,14H2. The minimum atomic E-state index is 0.670. The van der Waals surface area contributed by atoms with Crippen molar-refractivity contribution in [1.29, 1.82) is 0 Å². The van der Waals surface area contributed by atoms with Crippen molar-refractivity contribution in [3.8, 4) is 0 Å². The van der Waals surface area contributed by atoms with Gasteiger partial charge < -0.3 is 10.6 Å². The Kier molecular flexibility index (Phi) is 2.82. The van der Waals surface area contributed by atoms with E-state index in [-0.39, 0.29) is 0 Å². The van der Waals surface area contributed by atoms with Gasteiger partial charge in [0.15, 0.2) is 5.13 Å². The Morgan fingerprint density at radius 1 is 1.24 bits per heavy atom. The summed E-state index contributed by atoms with van der Waals surface area (Å²) >= 11 is 1.72. The Labute approximate surface area is 105 Å². The van der Waals surface area contributed by atoms with Crippen molar-refractivity contribution in [2.45, 2.75) is 19.5 Å². The first-order valence-electron chi connectivity index (χ1n) is 5.83. The van der Waals surface area contributed by atoms with Crippen molar-refractivity contribution in [3.05, 3.63) is 46.5 Å². The van der Waals surface area contributed by atoms with Gasteiger partial charge in [0, 0.05) is 24.9 Å². The zero-order chi connectivity index (χ0) is 11.7. The van der Waals surface area contributed by atoms with Crippen LogP contribution in [0.2, 0.25) is 0 Å². The second kappa shape index (κ2) is 4.47. The normalized spacial score (nSPS) is 14.1. The van der Waals surface area contributed by atoms with Gasteiger partial charge in [-0.1, -0.05) is 24.3 Å². The summed E-state index contributed by atoms with van der Waals surface area (Å²) in [6.45, 7) is 2.63. The third-order valence-corrected chi connectivity index (χ3v) is 4.00. The predicted molar refractivity (Wildman–Crippen MR) is 71.2 cm³/mol. The average molecular weight is 245 g/mol. The summed E-state index contributed by atoms with van der Waals surface area (Å²) in [5.74, 6) is 0. The first-order valence-corrected chi connectivity index (χ1v) is 6.71. The van der Waals surface area contributed by atoms with Crippen molar-refractivity contribution in [2.75, 3.05) is 11.4 Å². The lowest BCUT2D eigenvalue weighted by molar-refractivity contribution is 0.857. The smallest absolute Gasteiger partial charge is 0.186 e. The Hall–Kier alpha value is -1.39. The summed E-state index contributed by atoms with van der Waals surface area (Å²) in [6, 6.07) is 8.60. The summed E-state index contributed by atoms with van der Waals surface area (Å²) in [7, 11) is 0. The number of nitrogens with two attached hydrogens (primary N) is 1. The fourth-order valence-corrected chi connectivity index (χ4v) is 3.03. The van der Waals surface area contributed by atoms with Gasteiger partial charge in [-0.3, -0.25) is 0 Å². The Morgan fingerprint density at radius 2 is 1.94 bits per heavy atom. The highest BCUT2D eigenvalue weighted by Crippen LogP contribution is 2.30. The molecule has 2 N–H and O–H groups in total. The molecule has 0 radical (unpaired) electrons. The van der Waals surface area contributed by atoms with Crippen molar-refractivity contribution < 1.29 is 0 Å². The monoisotopic (exact) mass is 245 g/mol. The third kappa shape index (κ3) is 2.06. The number of thiazole rings is 1. The molecule has 0 fully saturated rings. The highest BCUT2D eigenvalue weighted by molar-refractivity contribution is 7.13. The number of benzene rings is 1. The molecular weight excluding hydrogens is 230 g/mol. The minimum Gasteiger partial charge on any atom is -0.339 e. The highest BCUT2D eigenvalue weighted by atomic mass is 32.1. The molecule has 0 aliphatic carbocycles. The van der Waals surface area contributed by atoms with Crippen LogP contribution >= 0.6 is 11.3 Å². The van der Waals surface area contributed by atoms with Gasteiger partial charge in [0.1, 0.15) is 0 Å². The van der Waals surface area contributed by atoms with Gasteiger partial charge in [-0.05, 0) is 17.7 Å². The van der Waals surface area contributed by atoms with Crippen LogP contribution in [0.3, 0.4) is 0 Å². The van der Waals surface area contributed by atoms with Crippen molar-refractivity contribution in [1.82, 2.24) is 4.98 Å². The van der Waals surface area contributed by atoms with Crippen LogP contribution < -0.4 is 10.6 Å². The van der Waals surface area contributed by atoms with Gasteiger partial charge in [-0.2, -0.15) is 0 Å². The topological polar surface area (TPSA) is 42.1 Å². The fourth-order valence-electron chi connectivity index (χ4n) is 2.17. The van der Waals surface area contributed by atoms with E-state index >= 15 is 0 Å². The molecular formula is C13H15N3S. The average Bonchev–Trinajstić information content (AvgIpc) is 2.94. The van der Waals surface area contributed by atoms with E-state index in [0.717, 1.165) is 30.3 Å². The largest absolute Gasteiger partial charge is 0.339 e. The SMILES string of the molecule is NCCc1csc(N2Cc3ccccc3C2)n1. The molecule has 0 spiro atoms. The van der Waals surface area contributed by atoms with Gasteiger partial charge in [-0.25, -0.2) is 4.98 Å². The molecule has 3 rings (SSSR count). The second-order valence-electron chi connectivity index (χ2n) is 4.28. The van der Waals surface area contributed by atoms with Crippen LogP contribution in [0, 0.1) is 0 Å². The van der Waals surface area contributed by atoms with Gasteiger partial charge in [0.2, 0.25) is 0 Å². The Morgan fingerprint density at radius 3 is 2.59 bits per heavy atom. The summed E-state index contributed by atoms with van der Waals surface area (Å²) in [5.41, 5.74) is 9.50. The molecule has 3 nitrogen and oxygen atoms in total. The lowest BCUT2D eigenvalue weighted by Crippen LogP contribution is -2.14. The molecule has 0 atom stereocenters. The Balaban J connectivity index is 1.79. The number of nitrogens with zero attached hydrogens (tertiary/aromatic N) is 2. The number of aromatic nitrogens is 1. The van der Waals surface area contributed by atoms with E-state index in [9.17, 15) is 0 Å². The van der Waals surface area contributed by atoms with Gasteiger partial charge >= 0.3 is 0 Å². The van der Waals surface area contributed by atoms with E-state index < -0.39 is 0 Å². The van der Waals surface area contributed by atoms with Crippen LogP contribution in [0.15, 0.2) is 29.6 Å². The molecule has 0 saturated carbocycles. The van der Waals surface area contributed by atoms with Crippen LogP contribution in [0.4, 0.5) is 5.13 Å². The van der Waals surface area contributed by atoms with Crippen LogP contribution in [-0.2, 0) is 19.5 Å². The third-order valence-electron chi connectivity index (χ3n) is 3.05. The van der Waals surface area contributed by atoms with Crippen LogP contribution in [0.25, 0.3) is 0 Å². The molecule has 0 unspecified atom stereocenters. The number of hydrogen-bond donors (Lipinski definition) is 1. The molecule has 4 heteroatoms. The molecule has 0 bridgehead atoms. The van der Waals surface area contributed by atoms with Crippen LogP contribution in [0.1, 0.15) is 16.8 Å². The first-order chi connectivity index (χ1) is 8.36. The molecule has 88 valence electrons. The molecule has 1 aliphatic heterocycles. The molecule has 0 amide bonds. The maximum absolute atomic E-state index is 5.54. The van der Waals surface area contributed by atoms with E-state index in [1.165, 1.54) is 11.1 Å². The molecule has 17 heavy (non-hydrogen) atoms. The maximum atomic E-state index is 5.54. The van der Waals surface area contributed by atoms with Gasteiger partial charge in [-0.15, -0.1) is 11.3 Å². The molecule has 2 aromatic rings. The minimum absolute atomic E-state index is 0.670. The lowest BCUT2D eigenvalue weighted by Gasteiger charge is -2.12. The lowest BCUT2D eigenvalue weighted by atomic mass is 10.1. The zero-order valence-electron chi connectivity index (χ0n) is 9.60. The first kappa shape index (κ1) is 10.7. The van der Waals surface area contributed by atoms with Crippen molar-refractivity contribution in [2.24, 2.45) is 5.73 Å². The number of rotatable bonds is 3. The van der Waals surface area contributed by atoms with Crippen LogP contribution in [-0.4, -0.2) is 11.5 Å². The maximum Gasteiger partial charge on any atom is 0.186 e. The summed E-state index contributed by atoms with van der Waals surface area (Å²) in [6.07, 6.45) is 0.872.